The fraction of sp³-hybridized carbons (Fsp3) is 0.273. The molecule has 0 aliphatic rings. The number of carbonyl (C=O) groups is 2. The fourth-order valence-electron chi connectivity index (χ4n) is 1.02. The van der Waals surface area contributed by atoms with Gasteiger partial charge in [0.05, 0.1) is 7.11 Å². The van der Waals surface area contributed by atoms with Gasteiger partial charge in [0.25, 0.3) is 5.91 Å². The van der Waals surface area contributed by atoms with E-state index in [0.29, 0.717) is 11.4 Å². The Bertz CT molecular complexity index is 389. The zero-order valence-electron chi connectivity index (χ0n) is 9.65. The SMILES string of the molecule is CNC(=O)COc1ccc(NC(=O)OC)cc1. The Morgan fingerprint density at radius 3 is 2.41 bits per heavy atom. The van der Waals surface area contributed by atoms with Crippen molar-refractivity contribution in [2.45, 2.75) is 0 Å². The second-order valence-electron chi connectivity index (χ2n) is 3.10. The lowest BCUT2D eigenvalue weighted by Gasteiger charge is -2.07. The first-order chi connectivity index (χ1) is 8.15. The predicted octanol–water partition coefficient (Wildman–Crippen LogP) is 0.990. The molecule has 0 heterocycles. The molecule has 0 atom stereocenters. The first-order valence-corrected chi connectivity index (χ1v) is 4.94. The largest absolute Gasteiger partial charge is 0.484 e. The van der Waals surface area contributed by atoms with Crippen LogP contribution in [0.4, 0.5) is 10.5 Å². The molecule has 0 saturated heterocycles. The molecule has 0 bridgehead atoms. The molecule has 1 rings (SSSR count). The van der Waals surface area contributed by atoms with Gasteiger partial charge in [0.1, 0.15) is 5.75 Å². The molecule has 1 aromatic rings. The van der Waals surface area contributed by atoms with Crippen LogP contribution in [0.2, 0.25) is 0 Å². The van der Waals surface area contributed by atoms with Gasteiger partial charge in [0.15, 0.2) is 6.61 Å². The van der Waals surface area contributed by atoms with Crippen molar-refractivity contribution in [1.29, 1.82) is 0 Å². The molecular weight excluding hydrogens is 224 g/mol. The topological polar surface area (TPSA) is 76.7 Å². The number of nitrogens with one attached hydrogen (secondary N) is 2. The van der Waals surface area contributed by atoms with Crippen molar-refractivity contribution >= 4 is 17.7 Å². The van der Waals surface area contributed by atoms with Crippen molar-refractivity contribution < 1.29 is 19.1 Å². The Kier molecular flexibility index (Phi) is 4.80. The lowest BCUT2D eigenvalue weighted by molar-refractivity contribution is -0.122. The fourth-order valence-corrected chi connectivity index (χ4v) is 1.02. The minimum Gasteiger partial charge on any atom is -0.484 e. The van der Waals surface area contributed by atoms with Crippen LogP contribution >= 0.6 is 0 Å². The number of hydrogen-bond acceptors (Lipinski definition) is 4. The summed E-state index contributed by atoms with van der Waals surface area (Å²) < 4.78 is 9.63. The minimum atomic E-state index is -0.538. The van der Waals surface area contributed by atoms with E-state index in [4.69, 9.17) is 4.74 Å². The third kappa shape index (κ3) is 4.42. The molecular formula is C11H14N2O4. The van der Waals surface area contributed by atoms with Gasteiger partial charge < -0.3 is 14.8 Å². The number of anilines is 1. The van der Waals surface area contributed by atoms with Crippen molar-refractivity contribution in [2.75, 3.05) is 26.1 Å². The van der Waals surface area contributed by atoms with Gasteiger partial charge in [0.2, 0.25) is 0 Å². The summed E-state index contributed by atoms with van der Waals surface area (Å²) >= 11 is 0. The lowest BCUT2D eigenvalue weighted by atomic mass is 10.3. The van der Waals surface area contributed by atoms with Crippen LogP contribution in [0.5, 0.6) is 5.75 Å². The van der Waals surface area contributed by atoms with Crippen molar-refractivity contribution in [3.8, 4) is 5.75 Å². The first kappa shape index (κ1) is 12.8. The van der Waals surface area contributed by atoms with Crippen LogP contribution < -0.4 is 15.4 Å². The Hall–Kier alpha value is -2.24. The molecule has 0 fully saturated rings. The number of methoxy groups -OCH3 is 1. The van der Waals surface area contributed by atoms with Crippen molar-refractivity contribution in [3.05, 3.63) is 24.3 Å². The highest BCUT2D eigenvalue weighted by Gasteiger charge is 2.02. The average molecular weight is 238 g/mol. The standard InChI is InChI=1S/C11H14N2O4/c1-12-10(14)7-17-9-5-3-8(4-6-9)13-11(15)16-2/h3-6H,7H2,1-2H3,(H,12,14)(H,13,15). The summed E-state index contributed by atoms with van der Waals surface area (Å²) in [4.78, 5) is 21.8. The quantitative estimate of drug-likeness (QED) is 0.820. The van der Waals surface area contributed by atoms with Crippen LogP contribution in [0.25, 0.3) is 0 Å². The summed E-state index contributed by atoms with van der Waals surface area (Å²) in [7, 11) is 2.82. The molecule has 2 N–H and O–H groups in total. The maximum atomic E-state index is 10.9. The van der Waals surface area contributed by atoms with E-state index < -0.39 is 6.09 Å². The third-order valence-corrected chi connectivity index (χ3v) is 1.93. The van der Waals surface area contributed by atoms with Crippen LogP contribution in [-0.2, 0) is 9.53 Å². The van der Waals surface area contributed by atoms with Gasteiger partial charge in [-0.15, -0.1) is 0 Å². The Morgan fingerprint density at radius 1 is 1.24 bits per heavy atom. The highest BCUT2D eigenvalue weighted by molar-refractivity contribution is 5.84. The monoisotopic (exact) mass is 238 g/mol. The normalized spacial score (nSPS) is 9.29. The van der Waals surface area contributed by atoms with Gasteiger partial charge in [-0.3, -0.25) is 10.1 Å². The Balaban J connectivity index is 2.50. The molecule has 0 radical (unpaired) electrons. The second kappa shape index (κ2) is 6.37. The minimum absolute atomic E-state index is 0.0414. The maximum Gasteiger partial charge on any atom is 0.411 e. The highest BCUT2D eigenvalue weighted by atomic mass is 16.5. The predicted molar refractivity (Wildman–Crippen MR) is 62.0 cm³/mol. The average Bonchev–Trinajstić information content (AvgIpc) is 2.37. The molecule has 2 amide bonds. The van der Waals surface area contributed by atoms with Gasteiger partial charge in [-0.25, -0.2) is 4.79 Å². The number of amides is 2. The van der Waals surface area contributed by atoms with E-state index in [1.54, 1.807) is 24.3 Å². The van der Waals surface area contributed by atoms with Crippen LogP contribution in [0.15, 0.2) is 24.3 Å². The van der Waals surface area contributed by atoms with Crippen molar-refractivity contribution in [1.82, 2.24) is 5.32 Å². The maximum absolute atomic E-state index is 10.9. The summed E-state index contributed by atoms with van der Waals surface area (Å²) in [5, 5.41) is 4.94. The zero-order valence-corrected chi connectivity index (χ0v) is 9.65. The molecule has 0 aliphatic heterocycles. The number of likely N-dealkylation sites (N-methyl/N-ethyl adjacent to an activating group) is 1. The van der Waals surface area contributed by atoms with Gasteiger partial charge in [0, 0.05) is 12.7 Å². The second-order valence-corrected chi connectivity index (χ2v) is 3.10. The molecule has 1 aromatic carbocycles. The van der Waals surface area contributed by atoms with Crippen LogP contribution in [0.3, 0.4) is 0 Å². The van der Waals surface area contributed by atoms with Gasteiger partial charge in [-0.05, 0) is 24.3 Å². The molecule has 0 spiro atoms. The molecule has 6 nitrogen and oxygen atoms in total. The van der Waals surface area contributed by atoms with Crippen molar-refractivity contribution in [3.63, 3.8) is 0 Å². The van der Waals surface area contributed by atoms with E-state index in [9.17, 15) is 9.59 Å². The third-order valence-electron chi connectivity index (χ3n) is 1.93. The van der Waals surface area contributed by atoms with Gasteiger partial charge in [-0.2, -0.15) is 0 Å². The zero-order chi connectivity index (χ0) is 12.7. The molecule has 92 valence electrons. The molecule has 0 saturated carbocycles. The van der Waals surface area contributed by atoms with E-state index in [-0.39, 0.29) is 12.5 Å². The van der Waals surface area contributed by atoms with E-state index in [2.05, 4.69) is 15.4 Å². The summed E-state index contributed by atoms with van der Waals surface area (Å²) in [6.07, 6.45) is -0.538. The number of ether oxygens (including phenoxy) is 2. The van der Waals surface area contributed by atoms with Crippen LogP contribution in [-0.4, -0.2) is 32.8 Å². The molecule has 17 heavy (non-hydrogen) atoms. The van der Waals surface area contributed by atoms with Gasteiger partial charge in [-0.1, -0.05) is 0 Å². The smallest absolute Gasteiger partial charge is 0.411 e. The molecule has 0 aromatic heterocycles. The summed E-state index contributed by atoms with van der Waals surface area (Å²) in [6.45, 7) is -0.0414. The van der Waals surface area contributed by atoms with E-state index in [0.717, 1.165) is 0 Å². The van der Waals surface area contributed by atoms with Crippen LogP contribution in [0.1, 0.15) is 0 Å². The molecule has 0 unspecified atom stereocenters. The van der Waals surface area contributed by atoms with Crippen molar-refractivity contribution in [2.24, 2.45) is 0 Å². The van der Waals surface area contributed by atoms with E-state index in [1.165, 1.54) is 14.2 Å². The number of hydrogen-bond donors (Lipinski definition) is 2. The Labute approximate surface area is 98.9 Å². The summed E-state index contributed by atoms with van der Waals surface area (Å²) in [5.74, 6) is 0.339. The van der Waals surface area contributed by atoms with E-state index >= 15 is 0 Å². The van der Waals surface area contributed by atoms with E-state index in [1.807, 2.05) is 0 Å². The summed E-state index contributed by atoms with van der Waals surface area (Å²) in [5.41, 5.74) is 0.587. The number of benzene rings is 1. The first-order valence-electron chi connectivity index (χ1n) is 4.94. The summed E-state index contributed by atoms with van der Waals surface area (Å²) in [6, 6.07) is 6.59. The van der Waals surface area contributed by atoms with Gasteiger partial charge >= 0.3 is 6.09 Å². The van der Waals surface area contributed by atoms with Crippen LogP contribution in [0, 0.1) is 0 Å². The molecule has 6 heteroatoms. The molecule has 0 aliphatic carbocycles. The Morgan fingerprint density at radius 2 is 1.88 bits per heavy atom. The number of carbonyl (C=O) groups excluding carboxylic acids is 2. The number of rotatable bonds is 4. The highest BCUT2D eigenvalue weighted by Crippen LogP contribution is 2.15. The lowest BCUT2D eigenvalue weighted by Crippen LogP contribution is -2.24.